The molecule has 1 amide bonds. The first kappa shape index (κ1) is 17.4. The van der Waals surface area contributed by atoms with Gasteiger partial charge in [0.25, 0.3) is 0 Å². The molecular weight excluding hydrogens is 290 g/mol. The van der Waals surface area contributed by atoms with Crippen LogP contribution in [0, 0.1) is 5.92 Å². The van der Waals surface area contributed by atoms with Gasteiger partial charge in [-0.1, -0.05) is 20.3 Å². The largest absolute Gasteiger partial charge is 0.497 e. The molecule has 5 nitrogen and oxygen atoms in total. The zero-order chi connectivity index (χ0) is 15.8. The monoisotopic (exact) mass is 311 g/mol. The Bertz CT molecular complexity index is 475. The standard InChI is InChI=1S/C15H21NO4S/c1-4-10(2)14(15(18)19)16-13(17)9-21-12-7-5-11(20-3)6-8-12/h5-8,10,14H,4,9H2,1-3H3,(H,16,17)(H,18,19)/t10?,14-/m0/s1. The third-order valence-electron chi connectivity index (χ3n) is 3.22. The molecule has 2 N–H and O–H groups in total. The fourth-order valence-electron chi connectivity index (χ4n) is 1.72. The molecule has 0 aromatic heterocycles. The topological polar surface area (TPSA) is 75.6 Å². The summed E-state index contributed by atoms with van der Waals surface area (Å²) in [6.45, 7) is 3.72. The van der Waals surface area contributed by atoms with Crippen molar-refractivity contribution in [2.24, 2.45) is 5.92 Å². The van der Waals surface area contributed by atoms with E-state index in [9.17, 15) is 9.59 Å². The summed E-state index contributed by atoms with van der Waals surface area (Å²) in [6, 6.07) is 6.53. The Morgan fingerprint density at radius 2 is 1.95 bits per heavy atom. The first-order valence-corrected chi connectivity index (χ1v) is 7.75. The molecule has 1 rings (SSSR count). The van der Waals surface area contributed by atoms with E-state index < -0.39 is 12.0 Å². The average Bonchev–Trinajstić information content (AvgIpc) is 2.50. The number of carboxylic acids is 1. The van der Waals surface area contributed by atoms with Crippen molar-refractivity contribution in [2.75, 3.05) is 12.9 Å². The summed E-state index contributed by atoms with van der Waals surface area (Å²) in [7, 11) is 1.59. The van der Waals surface area contributed by atoms with Crippen LogP contribution in [0.15, 0.2) is 29.2 Å². The molecular formula is C15H21NO4S. The SMILES string of the molecule is CCC(C)[C@H](NC(=O)CSc1ccc(OC)cc1)C(=O)O. The van der Waals surface area contributed by atoms with Gasteiger partial charge in [0.05, 0.1) is 12.9 Å². The number of aliphatic carboxylic acids is 1. The Hall–Kier alpha value is -1.69. The van der Waals surface area contributed by atoms with Crippen LogP contribution in [0.4, 0.5) is 0 Å². The van der Waals surface area contributed by atoms with Gasteiger partial charge >= 0.3 is 5.97 Å². The van der Waals surface area contributed by atoms with Gasteiger partial charge in [0.1, 0.15) is 11.8 Å². The zero-order valence-corrected chi connectivity index (χ0v) is 13.3. The van der Waals surface area contributed by atoms with Crippen molar-refractivity contribution in [3.63, 3.8) is 0 Å². The molecule has 0 aliphatic heterocycles. The lowest BCUT2D eigenvalue weighted by molar-refractivity contribution is -0.143. The molecule has 0 fully saturated rings. The number of carbonyl (C=O) groups is 2. The maximum absolute atomic E-state index is 11.9. The number of rotatable bonds is 8. The quantitative estimate of drug-likeness (QED) is 0.721. The molecule has 0 saturated heterocycles. The predicted octanol–water partition coefficient (Wildman–Crippen LogP) is 2.40. The van der Waals surface area contributed by atoms with Crippen LogP contribution in [-0.2, 0) is 9.59 Å². The number of amides is 1. The van der Waals surface area contributed by atoms with Gasteiger partial charge < -0.3 is 15.2 Å². The summed E-state index contributed by atoms with van der Waals surface area (Å²) in [5, 5.41) is 11.7. The van der Waals surface area contributed by atoms with E-state index in [4.69, 9.17) is 9.84 Å². The molecule has 116 valence electrons. The van der Waals surface area contributed by atoms with Gasteiger partial charge in [-0.15, -0.1) is 11.8 Å². The minimum absolute atomic E-state index is 0.0996. The van der Waals surface area contributed by atoms with Crippen LogP contribution < -0.4 is 10.1 Å². The van der Waals surface area contributed by atoms with Crippen molar-refractivity contribution in [3.8, 4) is 5.75 Å². The van der Waals surface area contributed by atoms with Crippen LogP contribution in [0.1, 0.15) is 20.3 Å². The lowest BCUT2D eigenvalue weighted by Gasteiger charge is -2.19. The summed E-state index contributed by atoms with van der Waals surface area (Å²) in [4.78, 5) is 23.9. The Balaban J connectivity index is 2.50. The normalized spacial score (nSPS) is 13.3. The lowest BCUT2D eigenvalue weighted by atomic mass is 9.99. The van der Waals surface area contributed by atoms with Gasteiger partial charge in [0.15, 0.2) is 0 Å². The van der Waals surface area contributed by atoms with Crippen LogP contribution in [0.5, 0.6) is 5.75 Å². The molecule has 0 bridgehead atoms. The minimum Gasteiger partial charge on any atom is -0.497 e. The number of thioether (sulfide) groups is 1. The second-order valence-electron chi connectivity index (χ2n) is 4.73. The summed E-state index contributed by atoms with van der Waals surface area (Å²) < 4.78 is 5.06. The van der Waals surface area contributed by atoms with E-state index in [1.165, 1.54) is 11.8 Å². The summed E-state index contributed by atoms with van der Waals surface area (Å²) in [5.41, 5.74) is 0. The van der Waals surface area contributed by atoms with Gasteiger partial charge in [-0.3, -0.25) is 4.79 Å². The highest BCUT2D eigenvalue weighted by molar-refractivity contribution is 8.00. The van der Waals surface area contributed by atoms with E-state index in [0.717, 1.165) is 10.6 Å². The predicted molar refractivity (Wildman–Crippen MR) is 82.7 cm³/mol. The number of hydrogen-bond acceptors (Lipinski definition) is 4. The highest BCUT2D eigenvalue weighted by atomic mass is 32.2. The van der Waals surface area contributed by atoms with E-state index in [1.54, 1.807) is 7.11 Å². The van der Waals surface area contributed by atoms with E-state index in [-0.39, 0.29) is 17.6 Å². The van der Waals surface area contributed by atoms with Crippen molar-refractivity contribution in [1.29, 1.82) is 0 Å². The van der Waals surface area contributed by atoms with Crippen molar-refractivity contribution >= 4 is 23.6 Å². The third-order valence-corrected chi connectivity index (χ3v) is 4.24. The highest BCUT2D eigenvalue weighted by Gasteiger charge is 2.25. The fraction of sp³-hybridized carbons (Fsp3) is 0.467. The van der Waals surface area contributed by atoms with Crippen molar-refractivity contribution < 1.29 is 19.4 Å². The molecule has 0 aliphatic carbocycles. The van der Waals surface area contributed by atoms with E-state index in [0.29, 0.717) is 6.42 Å². The molecule has 0 aliphatic rings. The highest BCUT2D eigenvalue weighted by Crippen LogP contribution is 2.21. The summed E-state index contributed by atoms with van der Waals surface area (Å²) >= 11 is 1.36. The molecule has 0 spiro atoms. The Labute approximate surface area is 129 Å². The molecule has 1 aromatic carbocycles. The first-order chi connectivity index (χ1) is 9.97. The van der Waals surface area contributed by atoms with Crippen molar-refractivity contribution in [1.82, 2.24) is 5.32 Å². The molecule has 0 saturated carbocycles. The number of carboxylic acid groups (broad SMARTS) is 1. The second kappa shape index (κ2) is 8.56. The smallest absolute Gasteiger partial charge is 0.326 e. The first-order valence-electron chi connectivity index (χ1n) is 6.77. The number of benzene rings is 1. The summed E-state index contributed by atoms with van der Waals surface area (Å²) in [5.74, 6) is -0.424. The van der Waals surface area contributed by atoms with Gasteiger partial charge in [0.2, 0.25) is 5.91 Å². The Kier molecular flexibility index (Phi) is 7.08. The van der Waals surface area contributed by atoms with E-state index >= 15 is 0 Å². The van der Waals surface area contributed by atoms with Crippen molar-refractivity contribution in [3.05, 3.63) is 24.3 Å². The number of methoxy groups -OCH3 is 1. The van der Waals surface area contributed by atoms with E-state index in [2.05, 4.69) is 5.32 Å². The van der Waals surface area contributed by atoms with Gasteiger partial charge in [-0.25, -0.2) is 4.79 Å². The average molecular weight is 311 g/mol. The van der Waals surface area contributed by atoms with Crippen LogP contribution >= 0.6 is 11.8 Å². The molecule has 0 radical (unpaired) electrons. The Morgan fingerprint density at radius 1 is 1.33 bits per heavy atom. The molecule has 0 heterocycles. The molecule has 21 heavy (non-hydrogen) atoms. The van der Waals surface area contributed by atoms with Crippen LogP contribution in [0.3, 0.4) is 0 Å². The second-order valence-corrected chi connectivity index (χ2v) is 5.78. The fourth-order valence-corrected chi connectivity index (χ4v) is 2.43. The van der Waals surface area contributed by atoms with Crippen LogP contribution in [0.25, 0.3) is 0 Å². The maximum Gasteiger partial charge on any atom is 0.326 e. The van der Waals surface area contributed by atoms with Gasteiger partial charge in [-0.2, -0.15) is 0 Å². The number of ether oxygens (including phenoxy) is 1. The number of nitrogens with one attached hydrogen (secondary N) is 1. The summed E-state index contributed by atoms with van der Waals surface area (Å²) in [6.07, 6.45) is 0.697. The molecule has 1 aromatic rings. The number of hydrogen-bond donors (Lipinski definition) is 2. The number of carbonyl (C=O) groups excluding carboxylic acids is 1. The molecule has 1 unspecified atom stereocenters. The van der Waals surface area contributed by atoms with Gasteiger partial charge in [0, 0.05) is 4.90 Å². The van der Waals surface area contributed by atoms with Crippen molar-refractivity contribution in [2.45, 2.75) is 31.2 Å². The molecule has 2 atom stereocenters. The van der Waals surface area contributed by atoms with Crippen LogP contribution in [0.2, 0.25) is 0 Å². The van der Waals surface area contributed by atoms with E-state index in [1.807, 2.05) is 38.1 Å². The van der Waals surface area contributed by atoms with Gasteiger partial charge in [-0.05, 0) is 30.2 Å². The maximum atomic E-state index is 11.9. The van der Waals surface area contributed by atoms with Crippen LogP contribution in [-0.4, -0.2) is 35.9 Å². The molecule has 6 heteroatoms. The minimum atomic E-state index is -0.993. The zero-order valence-electron chi connectivity index (χ0n) is 12.5. The third kappa shape index (κ3) is 5.67. The lowest BCUT2D eigenvalue weighted by Crippen LogP contribution is -2.45. The Morgan fingerprint density at radius 3 is 2.43 bits per heavy atom.